The standard InChI is InChI=1S/C35H36N4O8/c1-20-17-27(36-47-20)34(43)37-15-14-22(18-37)46-29-12-6-7-21-13-16-38(31(40)25-10-4-5-11-26(25)35(44)45)28(30(21)29)19-39-32(41)23-8-2-3-9-24(23)33(39)42/h2-3,6-9,12,17,22,25-26,28H,4-5,10-11,13-16,18-19H2,1H3,(H,44,45)/t22-,25+,26-,28+/m0/s1. The first kappa shape index (κ1) is 30.6. The summed E-state index contributed by atoms with van der Waals surface area (Å²) < 4.78 is 11.7. The van der Waals surface area contributed by atoms with E-state index in [0.717, 1.165) is 18.4 Å². The van der Waals surface area contributed by atoms with Crippen molar-refractivity contribution in [3.63, 3.8) is 0 Å². The number of fused-ring (bicyclic) bond motifs is 2. The lowest BCUT2D eigenvalue weighted by Crippen LogP contribution is -2.50. The summed E-state index contributed by atoms with van der Waals surface area (Å²) in [4.78, 5) is 71.2. The van der Waals surface area contributed by atoms with Gasteiger partial charge in [0.2, 0.25) is 5.91 Å². The maximum atomic E-state index is 14.3. The molecule has 2 aromatic carbocycles. The van der Waals surface area contributed by atoms with Crippen LogP contribution in [0.2, 0.25) is 0 Å². The van der Waals surface area contributed by atoms with Crippen molar-refractivity contribution in [2.45, 2.75) is 57.6 Å². The van der Waals surface area contributed by atoms with Crippen LogP contribution in [0.3, 0.4) is 0 Å². The first-order valence-electron chi connectivity index (χ1n) is 16.2. The van der Waals surface area contributed by atoms with Gasteiger partial charge in [-0.3, -0.25) is 28.9 Å². The number of benzene rings is 2. The minimum atomic E-state index is -0.984. The molecule has 4 atom stereocenters. The molecular weight excluding hydrogens is 604 g/mol. The fraction of sp³-hybridized carbons (Fsp3) is 0.429. The molecule has 1 aliphatic carbocycles. The van der Waals surface area contributed by atoms with Gasteiger partial charge in [-0.2, -0.15) is 0 Å². The Morgan fingerprint density at radius 3 is 2.36 bits per heavy atom. The van der Waals surface area contributed by atoms with Crippen molar-refractivity contribution in [1.29, 1.82) is 0 Å². The second kappa shape index (κ2) is 12.3. The summed E-state index contributed by atoms with van der Waals surface area (Å²) in [5.74, 6) is -2.81. The van der Waals surface area contributed by atoms with Gasteiger partial charge >= 0.3 is 5.97 Å². The van der Waals surface area contributed by atoms with Crippen LogP contribution < -0.4 is 4.74 Å². The zero-order chi connectivity index (χ0) is 32.8. The van der Waals surface area contributed by atoms with Gasteiger partial charge in [0.25, 0.3) is 17.7 Å². The van der Waals surface area contributed by atoms with Crippen molar-refractivity contribution in [2.75, 3.05) is 26.2 Å². The monoisotopic (exact) mass is 640 g/mol. The fourth-order valence-corrected chi connectivity index (χ4v) is 7.63. The number of aliphatic carboxylic acids is 1. The number of carboxylic acids is 1. The Kier molecular flexibility index (Phi) is 8.03. The third-order valence-corrected chi connectivity index (χ3v) is 9.98. The van der Waals surface area contributed by atoms with Crippen LogP contribution in [-0.4, -0.2) is 86.8 Å². The Balaban J connectivity index is 1.21. The number of hydrogen-bond donors (Lipinski definition) is 1. The molecule has 0 spiro atoms. The van der Waals surface area contributed by atoms with Crippen molar-refractivity contribution >= 4 is 29.6 Å². The molecule has 4 aliphatic rings. The molecule has 1 aromatic heterocycles. The van der Waals surface area contributed by atoms with Crippen LogP contribution in [0, 0.1) is 18.8 Å². The zero-order valence-corrected chi connectivity index (χ0v) is 26.1. The predicted octanol–water partition coefficient (Wildman–Crippen LogP) is 3.89. The second-order valence-corrected chi connectivity index (χ2v) is 12.8. The van der Waals surface area contributed by atoms with E-state index in [1.165, 1.54) is 4.90 Å². The Morgan fingerprint density at radius 1 is 0.957 bits per heavy atom. The molecule has 3 aromatic rings. The average molecular weight is 641 g/mol. The van der Waals surface area contributed by atoms with Crippen molar-refractivity contribution in [2.24, 2.45) is 11.8 Å². The number of rotatable bonds is 7. The van der Waals surface area contributed by atoms with Crippen molar-refractivity contribution in [1.82, 2.24) is 19.9 Å². The summed E-state index contributed by atoms with van der Waals surface area (Å²) in [7, 11) is 0. The summed E-state index contributed by atoms with van der Waals surface area (Å²) in [6, 6.07) is 13.1. The molecule has 1 saturated heterocycles. The lowest BCUT2D eigenvalue weighted by atomic mass is 9.77. The number of nitrogens with zero attached hydrogens (tertiary/aromatic N) is 4. The normalized spacial score (nSPS) is 23.9. The van der Waals surface area contributed by atoms with E-state index in [-0.39, 0.29) is 30.2 Å². The first-order chi connectivity index (χ1) is 22.7. The Bertz CT molecular complexity index is 1730. The molecule has 244 valence electrons. The van der Waals surface area contributed by atoms with Crippen LogP contribution in [-0.2, 0) is 16.0 Å². The topological polar surface area (TPSA) is 151 Å². The highest BCUT2D eigenvalue weighted by Crippen LogP contribution is 2.42. The minimum absolute atomic E-state index is 0.100. The van der Waals surface area contributed by atoms with E-state index in [9.17, 15) is 29.1 Å². The number of carbonyl (C=O) groups excluding carboxylic acids is 4. The molecule has 4 amide bonds. The summed E-state index contributed by atoms with van der Waals surface area (Å²) in [6.07, 6.45) is 3.12. The number of hydrogen-bond acceptors (Lipinski definition) is 8. The zero-order valence-electron chi connectivity index (χ0n) is 26.1. The molecule has 0 unspecified atom stereocenters. The van der Waals surface area contributed by atoms with Crippen molar-refractivity contribution < 1.29 is 38.3 Å². The van der Waals surface area contributed by atoms with Crippen molar-refractivity contribution in [3.05, 3.63) is 82.2 Å². The maximum absolute atomic E-state index is 14.3. The Morgan fingerprint density at radius 2 is 1.68 bits per heavy atom. The first-order valence-corrected chi connectivity index (χ1v) is 16.2. The van der Waals surface area contributed by atoms with Crippen LogP contribution in [0.5, 0.6) is 5.75 Å². The smallest absolute Gasteiger partial charge is 0.307 e. The number of likely N-dealkylation sites (tertiary alicyclic amines) is 1. The molecule has 12 heteroatoms. The van der Waals surface area contributed by atoms with Crippen LogP contribution in [0.4, 0.5) is 0 Å². The number of aryl methyl sites for hydroxylation is 1. The van der Waals surface area contributed by atoms with Gasteiger partial charge in [0.1, 0.15) is 17.6 Å². The van der Waals surface area contributed by atoms with Gasteiger partial charge in [0, 0.05) is 31.1 Å². The molecule has 0 bridgehead atoms. The number of carboxylic acid groups (broad SMARTS) is 1. The largest absolute Gasteiger partial charge is 0.488 e. The van der Waals surface area contributed by atoms with Gasteiger partial charge in [0.15, 0.2) is 5.69 Å². The van der Waals surface area contributed by atoms with Crippen LogP contribution in [0.15, 0.2) is 53.1 Å². The number of aromatic nitrogens is 1. The number of ether oxygens (including phenoxy) is 1. The molecule has 4 heterocycles. The van der Waals surface area contributed by atoms with E-state index < -0.39 is 35.7 Å². The SMILES string of the molecule is Cc1cc(C(=O)N2CC[C@H](Oc3cccc4c3[C@@H](CN3C(=O)c5ccccc5C3=O)N(C(=O)[C@@H]3CCCC[C@@H]3C(=O)O)CC4)C2)no1. The lowest BCUT2D eigenvalue weighted by molar-refractivity contribution is -0.153. The van der Waals surface area contributed by atoms with Crippen molar-refractivity contribution in [3.8, 4) is 5.75 Å². The molecule has 3 aliphatic heterocycles. The summed E-state index contributed by atoms with van der Waals surface area (Å²) >= 11 is 0. The van der Waals surface area contributed by atoms with E-state index in [4.69, 9.17) is 9.26 Å². The Hall–Kier alpha value is -5.00. The molecule has 7 rings (SSSR count). The highest BCUT2D eigenvalue weighted by Gasteiger charge is 2.45. The lowest BCUT2D eigenvalue weighted by Gasteiger charge is -2.42. The number of imide groups is 1. The number of amides is 4. The average Bonchev–Trinajstić information content (AvgIpc) is 3.80. The molecular formula is C35H36N4O8. The van der Waals surface area contributed by atoms with Crippen LogP contribution in [0.25, 0.3) is 0 Å². The predicted molar refractivity (Wildman–Crippen MR) is 166 cm³/mol. The number of carbonyl (C=O) groups is 5. The van der Waals surface area contributed by atoms with Gasteiger partial charge in [-0.1, -0.05) is 42.3 Å². The van der Waals surface area contributed by atoms with Gasteiger partial charge < -0.3 is 24.2 Å². The third-order valence-electron chi connectivity index (χ3n) is 9.98. The van der Waals surface area contributed by atoms with E-state index in [2.05, 4.69) is 5.16 Å². The van der Waals surface area contributed by atoms with Gasteiger partial charge in [0.05, 0.1) is 42.1 Å². The third kappa shape index (κ3) is 5.55. The van der Waals surface area contributed by atoms with E-state index >= 15 is 0 Å². The maximum Gasteiger partial charge on any atom is 0.307 e. The molecule has 2 fully saturated rings. The molecule has 1 N–H and O–H groups in total. The van der Waals surface area contributed by atoms with E-state index in [1.54, 1.807) is 47.1 Å². The van der Waals surface area contributed by atoms with Gasteiger partial charge in [-0.05, 0) is 49.9 Å². The highest BCUT2D eigenvalue weighted by atomic mass is 16.5. The van der Waals surface area contributed by atoms with Gasteiger partial charge in [-0.15, -0.1) is 0 Å². The molecule has 12 nitrogen and oxygen atoms in total. The van der Waals surface area contributed by atoms with Gasteiger partial charge in [-0.25, -0.2) is 0 Å². The second-order valence-electron chi connectivity index (χ2n) is 12.8. The minimum Gasteiger partial charge on any atom is -0.488 e. The van der Waals surface area contributed by atoms with E-state index in [0.29, 0.717) is 73.5 Å². The molecule has 47 heavy (non-hydrogen) atoms. The highest BCUT2D eigenvalue weighted by molar-refractivity contribution is 6.21. The molecule has 1 saturated carbocycles. The molecule has 0 radical (unpaired) electrons. The summed E-state index contributed by atoms with van der Waals surface area (Å²) in [5, 5.41) is 13.8. The summed E-state index contributed by atoms with van der Waals surface area (Å²) in [6.45, 7) is 2.72. The fourth-order valence-electron chi connectivity index (χ4n) is 7.63. The van der Waals surface area contributed by atoms with E-state index in [1.807, 2.05) is 18.2 Å². The van der Waals surface area contributed by atoms with Crippen LogP contribution in [0.1, 0.15) is 86.2 Å². The Labute approximate surface area is 271 Å². The summed E-state index contributed by atoms with van der Waals surface area (Å²) in [5.41, 5.74) is 2.48. The quantitative estimate of drug-likeness (QED) is 0.380. The van der Waals surface area contributed by atoms with Crippen LogP contribution >= 0.6 is 0 Å².